The minimum Gasteiger partial charge on any atom is -0.309 e. The highest BCUT2D eigenvalue weighted by molar-refractivity contribution is 7.27. The first-order valence-electron chi connectivity index (χ1n) is 35.2. The maximum Gasteiger partial charge on any atom is 0.160 e. The van der Waals surface area contributed by atoms with Crippen LogP contribution in [-0.2, 0) is 0 Å². The average Bonchev–Trinajstić information content (AvgIpc) is 1.55. The van der Waals surface area contributed by atoms with Gasteiger partial charge in [-0.2, -0.15) is 0 Å². The number of hydrogen-bond donors (Lipinski definition) is 0. The van der Waals surface area contributed by atoms with E-state index < -0.39 is 18.1 Å². The van der Waals surface area contributed by atoms with Crippen LogP contribution in [0, 0.1) is 0 Å². The van der Waals surface area contributed by atoms with E-state index in [1.165, 1.54) is 106 Å². The molecule has 0 saturated heterocycles. The molecule has 0 bridgehead atoms. The second-order valence-corrected chi connectivity index (χ2v) is 26.8. The monoisotopic (exact) mass is 1290 g/mol. The van der Waals surface area contributed by atoms with Gasteiger partial charge in [0.2, 0.25) is 0 Å². The van der Waals surface area contributed by atoms with Gasteiger partial charge >= 0.3 is 0 Å². The standard InChI is InChI=1S/C48H29N3S.C42H25N3S/c1-2-12-30(13-3-1)31-22-24-32(25-23-31)45-37-16-6-9-19-40(37)49-48(50-45)33-26-28-34(29-27-33)51-41-20-10-7-17-38(41)44-46(51)36-15-5-4-14-35(36)43-39-18-8-11-21-42(39)52-47(43)44;1-2-12-26(13-3-1)39-31-16-6-9-19-34(31)43-42(44-39)27-22-24-28(25-23-27)45-35-20-10-7-17-32(35)38-40(45)30-15-5-4-14-29(30)37-33-18-8-11-21-36(33)46-41(37)38/h1-29H;1-25H/i;1D,2D,3D,12D,13D. The molecule has 0 aliphatic carbocycles. The van der Waals surface area contributed by atoms with Crippen molar-refractivity contribution in [2.24, 2.45) is 0 Å². The number of benzene rings is 15. The van der Waals surface area contributed by atoms with Gasteiger partial charge in [0.15, 0.2) is 11.6 Å². The molecule has 0 atom stereocenters. The molecule has 0 radical (unpaired) electrons. The Morgan fingerprint density at radius 2 is 0.612 bits per heavy atom. The summed E-state index contributed by atoms with van der Waals surface area (Å²) in [6, 6.07) is 102. The Labute approximate surface area is 577 Å². The normalized spacial score (nSPS) is 12.6. The molecule has 0 fully saturated rings. The van der Waals surface area contributed by atoms with Gasteiger partial charge in [0.25, 0.3) is 0 Å². The fourth-order valence-electron chi connectivity index (χ4n) is 14.9. The summed E-state index contributed by atoms with van der Waals surface area (Å²) in [5, 5.41) is 16.9. The van der Waals surface area contributed by atoms with Crippen LogP contribution in [0.5, 0.6) is 0 Å². The van der Waals surface area contributed by atoms with Crippen LogP contribution in [0.25, 0.3) is 195 Å². The van der Waals surface area contributed by atoms with Gasteiger partial charge in [-0.25, -0.2) is 19.9 Å². The number of fused-ring (bicyclic) bond motifs is 22. The molecule has 0 saturated carbocycles. The van der Waals surface area contributed by atoms with Crippen molar-refractivity contribution in [3.05, 3.63) is 327 Å². The number of aromatic nitrogens is 6. The third-order valence-corrected chi connectivity index (χ3v) is 21.7. The Morgan fingerprint density at radius 3 is 1.09 bits per heavy atom. The third-order valence-electron chi connectivity index (χ3n) is 19.3. The van der Waals surface area contributed by atoms with Crippen LogP contribution in [0.4, 0.5) is 0 Å². The topological polar surface area (TPSA) is 61.4 Å². The van der Waals surface area contributed by atoms with Gasteiger partial charge in [0.05, 0.1) is 51.3 Å². The van der Waals surface area contributed by atoms with Crippen molar-refractivity contribution in [3.63, 3.8) is 0 Å². The highest BCUT2D eigenvalue weighted by atomic mass is 32.1. The van der Waals surface area contributed by atoms with Crippen molar-refractivity contribution in [2.75, 3.05) is 0 Å². The Hall–Kier alpha value is -12.5. The molecule has 0 unspecified atom stereocenters. The summed E-state index contributed by atoms with van der Waals surface area (Å²) in [4.78, 5) is 20.0. The van der Waals surface area contributed by atoms with Crippen molar-refractivity contribution in [2.45, 2.75) is 0 Å². The zero-order chi connectivity index (χ0) is 68.7. The Bertz CT molecular complexity index is 7080. The number of thiophene rings is 2. The average molecular weight is 1290 g/mol. The zero-order valence-corrected chi connectivity index (χ0v) is 53.9. The van der Waals surface area contributed by atoms with Gasteiger partial charge in [-0.1, -0.05) is 243 Å². The van der Waals surface area contributed by atoms with Gasteiger partial charge in [-0.3, -0.25) is 0 Å². The van der Waals surface area contributed by atoms with E-state index >= 15 is 0 Å². The molecular formula is C90H54N6S2. The van der Waals surface area contributed by atoms with Crippen molar-refractivity contribution in [1.29, 1.82) is 0 Å². The molecule has 21 aromatic rings. The lowest BCUT2D eigenvalue weighted by atomic mass is 9.99. The third kappa shape index (κ3) is 8.85. The van der Waals surface area contributed by atoms with Gasteiger partial charge in [0, 0.05) is 117 Å². The molecule has 0 N–H and O–H groups in total. The molecule has 0 amide bonds. The minimum absolute atomic E-state index is 0.0576. The molecule has 98 heavy (non-hydrogen) atoms. The smallest absolute Gasteiger partial charge is 0.160 e. The van der Waals surface area contributed by atoms with Crippen LogP contribution in [0.1, 0.15) is 6.85 Å². The van der Waals surface area contributed by atoms with E-state index in [2.05, 4.69) is 258 Å². The van der Waals surface area contributed by atoms with Crippen molar-refractivity contribution < 1.29 is 6.85 Å². The highest BCUT2D eigenvalue weighted by Gasteiger charge is 2.25. The van der Waals surface area contributed by atoms with Crippen molar-refractivity contribution in [1.82, 2.24) is 29.1 Å². The fourth-order valence-corrected chi connectivity index (χ4v) is 17.5. The lowest BCUT2D eigenvalue weighted by Gasteiger charge is -2.13. The lowest BCUT2D eigenvalue weighted by Crippen LogP contribution is -1.97. The molecule has 15 aromatic carbocycles. The molecule has 6 aromatic heterocycles. The Balaban J connectivity index is 0.000000138. The molecule has 0 aliphatic heterocycles. The van der Waals surface area contributed by atoms with Crippen LogP contribution in [-0.4, -0.2) is 29.1 Å². The first-order chi connectivity index (χ1) is 50.7. The summed E-state index contributed by atoms with van der Waals surface area (Å²) >= 11 is 3.74. The number of rotatable bonds is 7. The minimum atomic E-state index is -0.436. The summed E-state index contributed by atoms with van der Waals surface area (Å²) in [6.07, 6.45) is 0. The summed E-state index contributed by atoms with van der Waals surface area (Å²) in [6.45, 7) is 0. The summed E-state index contributed by atoms with van der Waals surface area (Å²) in [5.74, 6) is 1.12. The Kier molecular flexibility index (Phi) is 11.8. The van der Waals surface area contributed by atoms with Crippen LogP contribution < -0.4 is 0 Å². The van der Waals surface area contributed by atoms with E-state index in [1.807, 2.05) is 71.2 Å². The fraction of sp³-hybridized carbons (Fsp3) is 0. The quantitative estimate of drug-likeness (QED) is 0.160. The van der Waals surface area contributed by atoms with Crippen LogP contribution >= 0.6 is 22.7 Å². The van der Waals surface area contributed by atoms with E-state index in [9.17, 15) is 0 Å². The number of nitrogens with zero attached hydrogens (tertiary/aromatic N) is 6. The highest BCUT2D eigenvalue weighted by Crippen LogP contribution is 2.50. The first-order valence-corrected chi connectivity index (χ1v) is 34.3. The van der Waals surface area contributed by atoms with Gasteiger partial charge in [0.1, 0.15) is 0 Å². The summed E-state index contributed by atoms with van der Waals surface area (Å²) < 4.78 is 52.0. The number of para-hydroxylation sites is 4. The van der Waals surface area contributed by atoms with Crippen molar-refractivity contribution in [3.8, 4) is 67.8 Å². The number of hydrogen-bond acceptors (Lipinski definition) is 6. The maximum absolute atomic E-state index is 8.67. The van der Waals surface area contributed by atoms with E-state index in [-0.39, 0.29) is 17.6 Å². The Morgan fingerprint density at radius 1 is 0.255 bits per heavy atom. The zero-order valence-electron chi connectivity index (χ0n) is 57.3. The molecule has 6 heterocycles. The first kappa shape index (κ1) is 51.0. The van der Waals surface area contributed by atoms with E-state index in [0.717, 1.165) is 55.7 Å². The van der Waals surface area contributed by atoms with Gasteiger partial charge in [-0.05, 0) is 107 Å². The molecule has 21 rings (SSSR count). The molecule has 0 aliphatic rings. The second-order valence-electron chi connectivity index (χ2n) is 24.7. The van der Waals surface area contributed by atoms with Crippen LogP contribution in [0.15, 0.2) is 327 Å². The SMILES string of the molecule is [2H]c1c([2H])c([2H])c(-c2nc(-c3ccc(-n4c5ccccc5c5c6sc7ccccc7c6c6ccccc6c54)cc3)nc3ccccc23)c([2H])c1[2H].c1ccc(-c2ccc(-c3nc(-c4ccc(-n5c6ccccc6c6c7sc8ccccc8c7c7ccccc7c65)cc4)nc4ccccc34)cc2)cc1. The molecule has 8 heteroatoms. The van der Waals surface area contributed by atoms with Crippen LogP contribution in [0.2, 0.25) is 0 Å². The summed E-state index contributed by atoms with van der Waals surface area (Å²) in [7, 11) is 0. The van der Waals surface area contributed by atoms with Gasteiger partial charge < -0.3 is 9.13 Å². The molecule has 0 spiro atoms. The molecule has 6 nitrogen and oxygen atoms in total. The van der Waals surface area contributed by atoms with E-state index in [4.69, 9.17) is 26.8 Å². The lowest BCUT2D eigenvalue weighted by molar-refractivity contribution is 1.18. The van der Waals surface area contributed by atoms with Gasteiger partial charge in [-0.15, -0.1) is 22.7 Å². The molecule has 456 valence electrons. The molecular weight excluding hydrogens is 1230 g/mol. The van der Waals surface area contributed by atoms with Crippen molar-refractivity contribution >= 4 is 150 Å². The van der Waals surface area contributed by atoms with E-state index in [1.54, 1.807) is 0 Å². The maximum atomic E-state index is 8.67. The van der Waals surface area contributed by atoms with E-state index in [0.29, 0.717) is 28.2 Å². The summed E-state index contributed by atoms with van der Waals surface area (Å²) in [5.41, 5.74) is 14.8. The second kappa shape index (κ2) is 22.6. The van der Waals surface area contributed by atoms with Crippen LogP contribution in [0.3, 0.4) is 0 Å². The largest absolute Gasteiger partial charge is 0.309 e. The predicted octanol–water partition coefficient (Wildman–Crippen LogP) is 24.8. The predicted molar refractivity (Wildman–Crippen MR) is 416 cm³/mol.